The summed E-state index contributed by atoms with van der Waals surface area (Å²) < 4.78 is 18.8. The van der Waals surface area contributed by atoms with Gasteiger partial charge in [-0.1, -0.05) is 24.3 Å². The molecule has 2 aromatic rings. The number of carbonyl (C=O) groups excluding carboxylic acids is 1. The molecular weight excluding hydrogens is 219 g/mol. The van der Waals surface area contributed by atoms with Gasteiger partial charge in [-0.05, 0) is 17.7 Å². The van der Waals surface area contributed by atoms with Crippen molar-refractivity contribution in [2.45, 2.75) is 0 Å². The van der Waals surface area contributed by atoms with Crippen LogP contribution in [0.3, 0.4) is 0 Å². The Hall–Kier alpha value is -2.16. The summed E-state index contributed by atoms with van der Waals surface area (Å²) in [5.74, 6) is 0.0495. The minimum absolute atomic E-state index is 0.397. The van der Waals surface area contributed by atoms with Crippen molar-refractivity contribution in [1.29, 1.82) is 0 Å². The molecule has 17 heavy (non-hydrogen) atoms. The van der Waals surface area contributed by atoms with Gasteiger partial charge in [0.05, 0.1) is 7.11 Å². The Labute approximate surface area is 98.7 Å². The number of benzene rings is 2. The van der Waals surface area contributed by atoms with Gasteiger partial charge in [0.15, 0.2) is 6.29 Å². The Morgan fingerprint density at radius 3 is 2.53 bits per heavy atom. The Kier molecular flexibility index (Phi) is 3.19. The first kappa shape index (κ1) is 11.3. The van der Waals surface area contributed by atoms with Crippen LogP contribution in [0.2, 0.25) is 0 Å². The number of aldehydes is 1. The van der Waals surface area contributed by atoms with Crippen LogP contribution in [0.4, 0.5) is 4.39 Å². The molecule has 0 amide bonds. The van der Waals surface area contributed by atoms with Gasteiger partial charge < -0.3 is 4.74 Å². The van der Waals surface area contributed by atoms with Crippen LogP contribution in [-0.4, -0.2) is 13.4 Å². The average molecular weight is 230 g/mol. The zero-order valence-electron chi connectivity index (χ0n) is 9.31. The van der Waals surface area contributed by atoms with E-state index in [1.807, 2.05) is 0 Å². The van der Waals surface area contributed by atoms with E-state index >= 15 is 0 Å². The Balaban J connectivity index is 2.56. The van der Waals surface area contributed by atoms with E-state index in [1.165, 1.54) is 13.2 Å². The second-order valence-electron chi connectivity index (χ2n) is 3.55. The van der Waals surface area contributed by atoms with Crippen LogP contribution in [0.5, 0.6) is 5.75 Å². The van der Waals surface area contributed by atoms with Crippen LogP contribution < -0.4 is 4.74 Å². The summed E-state index contributed by atoms with van der Waals surface area (Å²) >= 11 is 0. The summed E-state index contributed by atoms with van der Waals surface area (Å²) in [7, 11) is 1.48. The minimum atomic E-state index is -0.404. The van der Waals surface area contributed by atoms with E-state index in [2.05, 4.69) is 0 Å². The molecule has 3 heteroatoms. The maximum Gasteiger partial charge on any atom is 0.150 e. The highest BCUT2D eigenvalue weighted by atomic mass is 19.1. The van der Waals surface area contributed by atoms with Crippen molar-refractivity contribution in [3.63, 3.8) is 0 Å². The SMILES string of the molecule is COc1ccc(-c2ccccc2C=O)c(F)c1. The Morgan fingerprint density at radius 2 is 1.88 bits per heavy atom. The lowest BCUT2D eigenvalue weighted by atomic mass is 10.00. The van der Waals surface area contributed by atoms with E-state index in [1.54, 1.807) is 36.4 Å². The predicted molar refractivity (Wildman–Crippen MR) is 63.8 cm³/mol. The lowest BCUT2D eigenvalue weighted by Crippen LogP contribution is -1.91. The fourth-order valence-corrected chi connectivity index (χ4v) is 1.69. The maximum absolute atomic E-state index is 13.8. The third-order valence-corrected chi connectivity index (χ3v) is 2.55. The van der Waals surface area contributed by atoms with E-state index in [-0.39, 0.29) is 0 Å². The summed E-state index contributed by atoms with van der Waals surface area (Å²) in [6.07, 6.45) is 0.721. The quantitative estimate of drug-likeness (QED) is 0.756. The van der Waals surface area contributed by atoms with Gasteiger partial charge in [0.1, 0.15) is 11.6 Å². The van der Waals surface area contributed by atoms with Gasteiger partial charge in [0.25, 0.3) is 0 Å². The third kappa shape index (κ3) is 2.18. The number of methoxy groups -OCH3 is 1. The standard InChI is InChI=1S/C14H11FO2/c1-17-11-6-7-13(14(15)8-11)12-5-3-2-4-10(12)9-16/h2-9H,1H3. The number of hydrogen-bond donors (Lipinski definition) is 0. The van der Waals surface area contributed by atoms with Crippen molar-refractivity contribution in [3.05, 3.63) is 53.8 Å². The molecular formula is C14H11FO2. The summed E-state index contributed by atoms with van der Waals surface area (Å²) in [5, 5.41) is 0. The van der Waals surface area contributed by atoms with Gasteiger partial charge in [-0.3, -0.25) is 4.79 Å². The monoisotopic (exact) mass is 230 g/mol. The van der Waals surface area contributed by atoms with E-state index < -0.39 is 5.82 Å². The number of ether oxygens (including phenoxy) is 1. The number of halogens is 1. The van der Waals surface area contributed by atoms with E-state index in [9.17, 15) is 9.18 Å². The van der Waals surface area contributed by atoms with Crippen LogP contribution in [0.1, 0.15) is 10.4 Å². The Morgan fingerprint density at radius 1 is 1.12 bits per heavy atom. The molecule has 0 saturated heterocycles. The van der Waals surface area contributed by atoms with Gasteiger partial charge >= 0.3 is 0 Å². The molecule has 0 fully saturated rings. The van der Waals surface area contributed by atoms with Crippen molar-refractivity contribution in [1.82, 2.24) is 0 Å². The summed E-state index contributed by atoms with van der Waals surface area (Å²) in [4.78, 5) is 10.9. The topological polar surface area (TPSA) is 26.3 Å². The molecule has 2 rings (SSSR count). The molecule has 0 heterocycles. The van der Waals surface area contributed by atoms with Gasteiger partial charge in [-0.2, -0.15) is 0 Å². The zero-order chi connectivity index (χ0) is 12.3. The van der Waals surface area contributed by atoms with Crippen molar-refractivity contribution < 1.29 is 13.9 Å². The highest BCUT2D eigenvalue weighted by molar-refractivity contribution is 5.87. The van der Waals surface area contributed by atoms with Gasteiger partial charge in [0.2, 0.25) is 0 Å². The summed E-state index contributed by atoms with van der Waals surface area (Å²) in [6, 6.07) is 11.5. The van der Waals surface area contributed by atoms with E-state index in [0.717, 1.165) is 6.29 Å². The molecule has 0 unspecified atom stereocenters. The van der Waals surface area contributed by atoms with Crippen molar-refractivity contribution in [2.75, 3.05) is 7.11 Å². The van der Waals surface area contributed by atoms with Gasteiger partial charge in [-0.15, -0.1) is 0 Å². The molecule has 0 bridgehead atoms. The average Bonchev–Trinajstić information content (AvgIpc) is 2.38. The molecule has 86 valence electrons. The largest absolute Gasteiger partial charge is 0.497 e. The fraction of sp³-hybridized carbons (Fsp3) is 0.0714. The second-order valence-corrected chi connectivity index (χ2v) is 3.55. The first-order chi connectivity index (χ1) is 8.26. The first-order valence-electron chi connectivity index (χ1n) is 5.14. The van der Waals surface area contributed by atoms with E-state index in [0.29, 0.717) is 22.4 Å². The molecule has 2 nitrogen and oxygen atoms in total. The lowest BCUT2D eigenvalue weighted by Gasteiger charge is -2.07. The number of rotatable bonds is 3. The van der Waals surface area contributed by atoms with Crippen molar-refractivity contribution >= 4 is 6.29 Å². The van der Waals surface area contributed by atoms with E-state index in [4.69, 9.17) is 4.74 Å². The van der Waals surface area contributed by atoms with Gasteiger partial charge in [0, 0.05) is 17.2 Å². The highest BCUT2D eigenvalue weighted by Crippen LogP contribution is 2.28. The normalized spacial score (nSPS) is 10.0. The lowest BCUT2D eigenvalue weighted by molar-refractivity contribution is 0.112. The molecule has 0 atom stereocenters. The zero-order valence-corrected chi connectivity index (χ0v) is 9.31. The molecule has 0 spiro atoms. The molecule has 0 N–H and O–H groups in total. The van der Waals surface area contributed by atoms with Gasteiger partial charge in [-0.25, -0.2) is 4.39 Å². The molecule has 2 aromatic carbocycles. The van der Waals surface area contributed by atoms with Crippen molar-refractivity contribution in [2.24, 2.45) is 0 Å². The molecule has 0 aliphatic heterocycles. The summed E-state index contributed by atoms with van der Waals surface area (Å²) in [6.45, 7) is 0. The van der Waals surface area contributed by atoms with Crippen LogP contribution >= 0.6 is 0 Å². The first-order valence-corrected chi connectivity index (χ1v) is 5.14. The van der Waals surface area contributed by atoms with Crippen LogP contribution in [0.25, 0.3) is 11.1 Å². The summed E-state index contributed by atoms with van der Waals surface area (Å²) in [5.41, 5.74) is 1.45. The molecule has 0 saturated carbocycles. The predicted octanol–water partition coefficient (Wildman–Crippen LogP) is 3.31. The highest BCUT2D eigenvalue weighted by Gasteiger charge is 2.09. The molecule has 0 aliphatic rings. The molecule has 0 aliphatic carbocycles. The van der Waals surface area contributed by atoms with Crippen LogP contribution in [0.15, 0.2) is 42.5 Å². The number of hydrogen-bond acceptors (Lipinski definition) is 2. The number of carbonyl (C=O) groups is 1. The smallest absolute Gasteiger partial charge is 0.150 e. The maximum atomic E-state index is 13.8. The molecule has 0 aromatic heterocycles. The van der Waals surface area contributed by atoms with Crippen LogP contribution in [0, 0.1) is 5.82 Å². The fourth-order valence-electron chi connectivity index (χ4n) is 1.69. The molecule has 0 radical (unpaired) electrons. The Bertz CT molecular complexity index is 550. The van der Waals surface area contributed by atoms with Crippen LogP contribution in [-0.2, 0) is 0 Å². The third-order valence-electron chi connectivity index (χ3n) is 2.55. The minimum Gasteiger partial charge on any atom is -0.497 e. The van der Waals surface area contributed by atoms with Crippen molar-refractivity contribution in [3.8, 4) is 16.9 Å². The second kappa shape index (κ2) is 4.78.